The zero-order chi connectivity index (χ0) is 19.8. The van der Waals surface area contributed by atoms with Gasteiger partial charge in [0, 0.05) is 39.8 Å². The minimum absolute atomic E-state index is 0.344. The van der Waals surface area contributed by atoms with Crippen LogP contribution in [0.15, 0.2) is 53.5 Å². The van der Waals surface area contributed by atoms with Gasteiger partial charge in [0.05, 0.1) is 12.8 Å². The number of anilines is 1. The number of methoxy groups -OCH3 is 1. The van der Waals surface area contributed by atoms with E-state index in [0.717, 1.165) is 63.0 Å². The molecule has 1 aliphatic rings. The van der Waals surface area contributed by atoms with Gasteiger partial charge in [-0.1, -0.05) is 24.3 Å². The molecule has 1 aliphatic heterocycles. The number of nitrogens with zero attached hydrogens (tertiary/aromatic N) is 3. The molecule has 1 heterocycles. The molecule has 1 fully saturated rings. The summed E-state index contributed by atoms with van der Waals surface area (Å²) in [5.41, 5.74) is 2.19. The Bertz CT molecular complexity index is 786. The second-order valence-corrected chi connectivity index (χ2v) is 6.89. The summed E-state index contributed by atoms with van der Waals surface area (Å²) in [6.07, 6.45) is 2.03. The number of guanidine groups is 1. The second-order valence-electron chi connectivity index (χ2n) is 6.89. The summed E-state index contributed by atoms with van der Waals surface area (Å²) in [7, 11) is 3.53. The van der Waals surface area contributed by atoms with E-state index in [9.17, 15) is 5.11 Å². The Labute approximate surface area is 167 Å². The van der Waals surface area contributed by atoms with Gasteiger partial charge in [-0.05, 0) is 42.7 Å². The molecular formula is C22H30N4O2. The smallest absolute Gasteiger partial charge is 0.193 e. The molecule has 0 saturated carbocycles. The zero-order valence-corrected chi connectivity index (χ0v) is 16.8. The predicted octanol–water partition coefficient (Wildman–Crippen LogP) is 2.73. The fraction of sp³-hybridized carbons (Fsp3) is 0.409. The van der Waals surface area contributed by atoms with Crippen LogP contribution in [-0.2, 0) is 6.42 Å². The number of phenolic OH excluding ortho intramolecular Hbond substituents is 1. The third-order valence-corrected chi connectivity index (χ3v) is 5.07. The largest absolute Gasteiger partial charge is 0.506 e. The summed E-state index contributed by atoms with van der Waals surface area (Å²) in [6.45, 7) is 4.36. The maximum absolute atomic E-state index is 10.1. The number of para-hydroxylation sites is 2. The summed E-state index contributed by atoms with van der Waals surface area (Å²) in [5.74, 6) is 2.20. The molecule has 2 aromatic rings. The van der Waals surface area contributed by atoms with Crippen molar-refractivity contribution in [2.75, 3.05) is 51.8 Å². The molecule has 0 unspecified atom stereocenters. The Morgan fingerprint density at radius 1 is 1.11 bits per heavy atom. The van der Waals surface area contributed by atoms with E-state index in [0.29, 0.717) is 5.75 Å². The SMILES string of the molecule is CN=C(NCCCc1cccc(OC)c1)N1CCN(c2ccccc2O)CC1. The van der Waals surface area contributed by atoms with Crippen molar-refractivity contribution >= 4 is 11.6 Å². The molecule has 0 radical (unpaired) electrons. The third kappa shape index (κ3) is 5.09. The fourth-order valence-electron chi connectivity index (χ4n) is 3.54. The first-order valence-electron chi connectivity index (χ1n) is 9.82. The van der Waals surface area contributed by atoms with Gasteiger partial charge in [-0.15, -0.1) is 0 Å². The number of aromatic hydroxyl groups is 1. The molecule has 1 saturated heterocycles. The fourth-order valence-corrected chi connectivity index (χ4v) is 3.54. The highest BCUT2D eigenvalue weighted by Crippen LogP contribution is 2.27. The van der Waals surface area contributed by atoms with Crippen LogP contribution >= 0.6 is 0 Å². The Kier molecular flexibility index (Phi) is 7.00. The van der Waals surface area contributed by atoms with Crippen LogP contribution in [0.4, 0.5) is 5.69 Å². The highest BCUT2D eigenvalue weighted by Gasteiger charge is 2.21. The summed E-state index contributed by atoms with van der Waals surface area (Å²) in [5, 5.41) is 13.5. The number of ether oxygens (including phenoxy) is 1. The van der Waals surface area contributed by atoms with Crippen LogP contribution in [-0.4, -0.2) is 62.8 Å². The van der Waals surface area contributed by atoms with Crippen molar-refractivity contribution in [3.05, 3.63) is 54.1 Å². The molecule has 0 spiro atoms. The quantitative estimate of drug-likeness (QED) is 0.457. The average molecular weight is 383 g/mol. The Balaban J connectivity index is 1.44. The maximum Gasteiger partial charge on any atom is 0.193 e. The second kappa shape index (κ2) is 9.88. The van der Waals surface area contributed by atoms with Crippen molar-refractivity contribution < 1.29 is 9.84 Å². The van der Waals surface area contributed by atoms with Gasteiger partial charge in [-0.3, -0.25) is 4.99 Å². The molecule has 0 atom stereocenters. The topological polar surface area (TPSA) is 60.3 Å². The summed E-state index contributed by atoms with van der Waals surface area (Å²) >= 11 is 0. The van der Waals surface area contributed by atoms with Crippen LogP contribution in [0.2, 0.25) is 0 Å². The van der Waals surface area contributed by atoms with Crippen LogP contribution in [0.25, 0.3) is 0 Å². The molecule has 0 aliphatic carbocycles. The van der Waals surface area contributed by atoms with Crippen LogP contribution in [0.3, 0.4) is 0 Å². The molecule has 2 N–H and O–H groups in total. The average Bonchev–Trinajstić information content (AvgIpc) is 2.75. The van der Waals surface area contributed by atoms with Gasteiger partial charge >= 0.3 is 0 Å². The highest BCUT2D eigenvalue weighted by molar-refractivity contribution is 5.80. The van der Waals surface area contributed by atoms with E-state index in [4.69, 9.17) is 4.74 Å². The van der Waals surface area contributed by atoms with E-state index in [-0.39, 0.29) is 0 Å². The molecule has 28 heavy (non-hydrogen) atoms. The molecular weight excluding hydrogens is 352 g/mol. The first kappa shape index (κ1) is 19.9. The number of hydrogen-bond acceptors (Lipinski definition) is 4. The Morgan fingerprint density at radius 3 is 2.61 bits per heavy atom. The van der Waals surface area contributed by atoms with Gasteiger partial charge in [0.2, 0.25) is 0 Å². The molecule has 6 heteroatoms. The Morgan fingerprint density at radius 2 is 1.89 bits per heavy atom. The van der Waals surface area contributed by atoms with E-state index in [1.807, 2.05) is 37.4 Å². The lowest BCUT2D eigenvalue weighted by Crippen LogP contribution is -2.52. The third-order valence-electron chi connectivity index (χ3n) is 5.07. The maximum atomic E-state index is 10.1. The number of phenols is 1. The van der Waals surface area contributed by atoms with E-state index in [1.165, 1.54) is 5.56 Å². The number of rotatable bonds is 6. The number of piperazine rings is 1. The van der Waals surface area contributed by atoms with Gasteiger partial charge in [0.15, 0.2) is 5.96 Å². The summed E-state index contributed by atoms with van der Waals surface area (Å²) < 4.78 is 5.28. The summed E-state index contributed by atoms with van der Waals surface area (Å²) in [4.78, 5) is 8.95. The van der Waals surface area contributed by atoms with Crippen molar-refractivity contribution in [3.8, 4) is 11.5 Å². The molecule has 150 valence electrons. The van der Waals surface area contributed by atoms with Crippen molar-refractivity contribution in [2.24, 2.45) is 4.99 Å². The molecule has 0 bridgehead atoms. The van der Waals surface area contributed by atoms with Gasteiger partial charge in [-0.25, -0.2) is 0 Å². The zero-order valence-electron chi connectivity index (χ0n) is 16.8. The van der Waals surface area contributed by atoms with E-state index >= 15 is 0 Å². The molecule has 6 nitrogen and oxygen atoms in total. The number of aryl methyl sites for hydroxylation is 1. The van der Waals surface area contributed by atoms with Gasteiger partial charge in [0.1, 0.15) is 11.5 Å². The van der Waals surface area contributed by atoms with Crippen LogP contribution < -0.4 is 15.0 Å². The van der Waals surface area contributed by atoms with E-state index in [1.54, 1.807) is 13.2 Å². The predicted molar refractivity (Wildman–Crippen MR) is 115 cm³/mol. The van der Waals surface area contributed by atoms with Crippen LogP contribution in [0, 0.1) is 0 Å². The minimum Gasteiger partial charge on any atom is -0.506 e. The van der Waals surface area contributed by atoms with Gasteiger partial charge in [-0.2, -0.15) is 0 Å². The monoisotopic (exact) mass is 382 g/mol. The minimum atomic E-state index is 0.344. The number of benzene rings is 2. The van der Waals surface area contributed by atoms with Crippen molar-refractivity contribution in [1.29, 1.82) is 0 Å². The van der Waals surface area contributed by atoms with Crippen molar-refractivity contribution in [3.63, 3.8) is 0 Å². The molecule has 2 aromatic carbocycles. The Hall–Kier alpha value is -2.89. The standard InChI is InChI=1S/C22H30N4O2/c1-23-22(24-12-6-8-18-7-5-9-19(17-18)28-2)26-15-13-25(14-16-26)20-10-3-4-11-21(20)27/h3-5,7,9-11,17,27H,6,8,12-16H2,1-2H3,(H,23,24). The van der Waals surface area contributed by atoms with E-state index < -0.39 is 0 Å². The van der Waals surface area contributed by atoms with Gasteiger partial charge in [0.25, 0.3) is 0 Å². The lowest BCUT2D eigenvalue weighted by Gasteiger charge is -2.37. The normalized spacial score (nSPS) is 14.9. The number of hydrogen-bond donors (Lipinski definition) is 2. The van der Waals surface area contributed by atoms with E-state index in [2.05, 4.69) is 32.2 Å². The number of aliphatic imine (C=N–C) groups is 1. The van der Waals surface area contributed by atoms with Crippen molar-refractivity contribution in [1.82, 2.24) is 10.2 Å². The summed E-state index contributed by atoms with van der Waals surface area (Å²) in [6, 6.07) is 15.8. The van der Waals surface area contributed by atoms with Crippen molar-refractivity contribution in [2.45, 2.75) is 12.8 Å². The first-order valence-corrected chi connectivity index (χ1v) is 9.82. The van der Waals surface area contributed by atoms with Gasteiger partial charge < -0.3 is 25.0 Å². The first-order chi connectivity index (χ1) is 13.7. The molecule has 0 aromatic heterocycles. The lowest BCUT2D eigenvalue weighted by molar-refractivity contribution is 0.369. The highest BCUT2D eigenvalue weighted by atomic mass is 16.5. The van der Waals surface area contributed by atoms with Crippen LogP contribution in [0.1, 0.15) is 12.0 Å². The molecule has 0 amide bonds. The molecule has 3 rings (SSSR count). The lowest BCUT2D eigenvalue weighted by atomic mass is 10.1. The number of nitrogens with one attached hydrogen (secondary N) is 1. The van der Waals surface area contributed by atoms with Crippen LogP contribution in [0.5, 0.6) is 11.5 Å².